The quantitative estimate of drug-likeness (QED) is 0.575. The van der Waals surface area contributed by atoms with Crippen LogP contribution in [0.3, 0.4) is 0 Å². The molecule has 1 aliphatic heterocycles. The van der Waals surface area contributed by atoms with Crippen molar-refractivity contribution in [2.24, 2.45) is 5.92 Å². The van der Waals surface area contributed by atoms with E-state index in [2.05, 4.69) is 4.90 Å². The first-order valence-corrected chi connectivity index (χ1v) is 4.38. The summed E-state index contributed by atoms with van der Waals surface area (Å²) in [4.78, 5) is 2.07. The van der Waals surface area contributed by atoms with Crippen molar-refractivity contribution in [2.75, 3.05) is 32.1 Å². The van der Waals surface area contributed by atoms with Crippen LogP contribution in [0, 0.1) is 5.92 Å². The molecule has 2 N–H and O–H groups in total. The van der Waals surface area contributed by atoms with Crippen molar-refractivity contribution in [1.29, 1.82) is 0 Å². The fourth-order valence-corrected chi connectivity index (χ4v) is 1.66. The molecule has 0 bridgehead atoms. The predicted molar refractivity (Wildman–Crippen MR) is 43.7 cm³/mol. The third-order valence-corrected chi connectivity index (χ3v) is 2.29. The lowest BCUT2D eigenvalue weighted by atomic mass is 10.1. The molecule has 0 radical (unpaired) electrons. The summed E-state index contributed by atoms with van der Waals surface area (Å²) in [7, 11) is 0. The van der Waals surface area contributed by atoms with Crippen molar-refractivity contribution in [3.63, 3.8) is 0 Å². The van der Waals surface area contributed by atoms with E-state index in [1.165, 1.54) is 0 Å². The Labute approximate surface area is 71.6 Å². The molecule has 0 spiro atoms. The fourth-order valence-electron chi connectivity index (χ4n) is 1.42. The largest absolute Gasteiger partial charge is 0.396 e. The van der Waals surface area contributed by atoms with Crippen LogP contribution in [0.4, 0.5) is 0 Å². The maximum Gasteiger partial charge on any atom is 0.0729 e. The third-order valence-electron chi connectivity index (χ3n) is 2.12. The molecule has 1 aliphatic rings. The smallest absolute Gasteiger partial charge is 0.0729 e. The van der Waals surface area contributed by atoms with Gasteiger partial charge in [0.1, 0.15) is 0 Å². The minimum atomic E-state index is -0.372. The van der Waals surface area contributed by atoms with E-state index < -0.39 is 0 Å². The van der Waals surface area contributed by atoms with E-state index in [1.54, 1.807) is 0 Å². The maximum atomic E-state index is 9.34. The van der Waals surface area contributed by atoms with Crippen LogP contribution >= 0.6 is 11.6 Å². The zero-order chi connectivity index (χ0) is 8.27. The van der Waals surface area contributed by atoms with Crippen LogP contribution in [0.15, 0.2) is 0 Å². The molecule has 2 atom stereocenters. The number of likely N-dealkylation sites (tertiary alicyclic amines) is 1. The second-order valence-corrected chi connectivity index (χ2v) is 3.34. The van der Waals surface area contributed by atoms with E-state index >= 15 is 0 Å². The molecule has 1 fully saturated rings. The monoisotopic (exact) mass is 179 g/mol. The number of alkyl halides is 1. The topological polar surface area (TPSA) is 43.7 Å². The standard InChI is InChI=1S/C7H14ClNO2/c8-1-2-9-3-6(5-10)7(11)4-9/h6-7,10-11H,1-5H2. The SMILES string of the molecule is OCC1CN(CCCl)CC1O. The first kappa shape index (κ1) is 9.26. The van der Waals surface area contributed by atoms with Crippen molar-refractivity contribution in [2.45, 2.75) is 6.10 Å². The molecule has 3 nitrogen and oxygen atoms in total. The summed E-state index contributed by atoms with van der Waals surface area (Å²) in [5.41, 5.74) is 0. The lowest BCUT2D eigenvalue weighted by Gasteiger charge is -2.11. The molecule has 0 aromatic heterocycles. The molecule has 1 rings (SSSR count). The first-order valence-electron chi connectivity index (χ1n) is 3.85. The molecular formula is C7H14ClNO2. The van der Waals surface area contributed by atoms with Gasteiger partial charge in [-0.25, -0.2) is 0 Å². The summed E-state index contributed by atoms with van der Waals surface area (Å²) in [6, 6.07) is 0. The molecule has 0 amide bonds. The molecule has 0 aromatic carbocycles. The lowest BCUT2D eigenvalue weighted by molar-refractivity contribution is 0.103. The Morgan fingerprint density at radius 2 is 2.18 bits per heavy atom. The van der Waals surface area contributed by atoms with Crippen LogP contribution < -0.4 is 0 Å². The Morgan fingerprint density at radius 3 is 2.64 bits per heavy atom. The highest BCUT2D eigenvalue weighted by Gasteiger charge is 2.29. The number of rotatable bonds is 3. The summed E-state index contributed by atoms with van der Waals surface area (Å²) in [5, 5.41) is 18.1. The summed E-state index contributed by atoms with van der Waals surface area (Å²) in [6.07, 6.45) is -0.372. The molecule has 0 saturated carbocycles. The predicted octanol–water partition coefficient (Wildman–Crippen LogP) is -0.490. The van der Waals surface area contributed by atoms with E-state index in [0.717, 1.165) is 13.1 Å². The van der Waals surface area contributed by atoms with Gasteiger partial charge in [-0.1, -0.05) is 0 Å². The molecule has 4 heteroatoms. The van der Waals surface area contributed by atoms with Gasteiger partial charge in [0.25, 0.3) is 0 Å². The Hall–Kier alpha value is 0.170. The zero-order valence-electron chi connectivity index (χ0n) is 6.41. The molecule has 0 aromatic rings. The van der Waals surface area contributed by atoms with Gasteiger partial charge in [0.05, 0.1) is 6.10 Å². The molecule has 1 heterocycles. The highest BCUT2D eigenvalue weighted by molar-refractivity contribution is 6.18. The summed E-state index contributed by atoms with van der Waals surface area (Å²) in [6.45, 7) is 2.29. The van der Waals surface area contributed by atoms with Gasteiger partial charge in [-0.2, -0.15) is 0 Å². The van der Waals surface area contributed by atoms with Crippen molar-refractivity contribution in [1.82, 2.24) is 4.90 Å². The van der Waals surface area contributed by atoms with E-state index in [1.807, 2.05) is 0 Å². The van der Waals surface area contributed by atoms with Gasteiger partial charge in [-0.15, -0.1) is 11.6 Å². The molecule has 2 unspecified atom stereocenters. The molecule has 11 heavy (non-hydrogen) atoms. The minimum absolute atomic E-state index is 0.0261. The molecular weight excluding hydrogens is 166 g/mol. The molecule has 1 saturated heterocycles. The highest BCUT2D eigenvalue weighted by Crippen LogP contribution is 2.15. The third kappa shape index (κ3) is 2.30. The van der Waals surface area contributed by atoms with Crippen LogP contribution in [0.2, 0.25) is 0 Å². The van der Waals surface area contributed by atoms with Crippen LogP contribution in [-0.2, 0) is 0 Å². The highest BCUT2D eigenvalue weighted by atomic mass is 35.5. The van der Waals surface area contributed by atoms with Crippen molar-refractivity contribution >= 4 is 11.6 Å². The Bertz CT molecular complexity index is 123. The normalized spacial score (nSPS) is 33.0. The second kappa shape index (κ2) is 4.26. The Balaban J connectivity index is 2.30. The Morgan fingerprint density at radius 1 is 1.45 bits per heavy atom. The van der Waals surface area contributed by atoms with Gasteiger partial charge in [-0.05, 0) is 0 Å². The van der Waals surface area contributed by atoms with E-state index in [0.29, 0.717) is 12.4 Å². The van der Waals surface area contributed by atoms with Gasteiger partial charge in [0.15, 0.2) is 0 Å². The van der Waals surface area contributed by atoms with E-state index in [4.69, 9.17) is 16.7 Å². The number of β-amino-alcohol motifs (C(OH)–C–C–N with tert-alkyl or cyclic N) is 1. The second-order valence-electron chi connectivity index (χ2n) is 2.96. The van der Waals surface area contributed by atoms with Crippen LogP contribution in [0.25, 0.3) is 0 Å². The number of halogens is 1. The van der Waals surface area contributed by atoms with Crippen LogP contribution in [-0.4, -0.2) is 53.3 Å². The van der Waals surface area contributed by atoms with Crippen molar-refractivity contribution in [3.8, 4) is 0 Å². The van der Waals surface area contributed by atoms with Gasteiger partial charge >= 0.3 is 0 Å². The average Bonchev–Trinajstić information content (AvgIpc) is 2.32. The van der Waals surface area contributed by atoms with Crippen LogP contribution in [0.5, 0.6) is 0 Å². The van der Waals surface area contributed by atoms with Gasteiger partial charge < -0.3 is 10.2 Å². The van der Waals surface area contributed by atoms with Crippen LogP contribution in [0.1, 0.15) is 0 Å². The summed E-state index contributed by atoms with van der Waals surface area (Å²) >= 11 is 5.53. The first-order chi connectivity index (χ1) is 5.27. The molecule has 66 valence electrons. The number of hydrogen-bond donors (Lipinski definition) is 2. The number of hydrogen-bond acceptors (Lipinski definition) is 3. The number of aliphatic hydroxyl groups is 2. The zero-order valence-corrected chi connectivity index (χ0v) is 7.17. The average molecular weight is 180 g/mol. The fraction of sp³-hybridized carbons (Fsp3) is 1.00. The minimum Gasteiger partial charge on any atom is -0.396 e. The van der Waals surface area contributed by atoms with E-state index in [-0.39, 0.29) is 18.6 Å². The molecule has 0 aliphatic carbocycles. The number of nitrogens with zero attached hydrogens (tertiary/aromatic N) is 1. The summed E-state index contributed by atoms with van der Waals surface area (Å²) in [5.74, 6) is 0.614. The van der Waals surface area contributed by atoms with Gasteiger partial charge in [0.2, 0.25) is 0 Å². The Kier molecular flexibility index (Phi) is 3.59. The maximum absolute atomic E-state index is 9.34. The summed E-state index contributed by atoms with van der Waals surface area (Å²) < 4.78 is 0. The van der Waals surface area contributed by atoms with Gasteiger partial charge in [-0.3, -0.25) is 4.90 Å². The number of aliphatic hydroxyl groups excluding tert-OH is 2. The van der Waals surface area contributed by atoms with Crippen molar-refractivity contribution in [3.05, 3.63) is 0 Å². The van der Waals surface area contributed by atoms with E-state index in [9.17, 15) is 5.11 Å². The lowest BCUT2D eigenvalue weighted by Crippen LogP contribution is -2.23. The van der Waals surface area contributed by atoms with Gasteiger partial charge in [0, 0.05) is 38.0 Å². The van der Waals surface area contributed by atoms with Crippen molar-refractivity contribution < 1.29 is 10.2 Å².